The van der Waals surface area contributed by atoms with E-state index in [9.17, 15) is 9.90 Å². The van der Waals surface area contributed by atoms with Crippen LogP contribution in [0.1, 0.15) is 54.4 Å². The molecule has 0 amide bonds. The van der Waals surface area contributed by atoms with Crippen LogP contribution in [0.25, 0.3) is 0 Å². The average Bonchev–Trinajstić information content (AvgIpc) is 2.84. The molecule has 35 heavy (non-hydrogen) atoms. The molecule has 4 saturated carbocycles. The Hall–Kier alpha value is -3.47. The van der Waals surface area contributed by atoms with Gasteiger partial charge in [0.1, 0.15) is 5.75 Å². The molecule has 0 spiro atoms. The van der Waals surface area contributed by atoms with Gasteiger partial charge in [-0.3, -0.25) is 0 Å². The number of carboxylic acids is 1. The van der Waals surface area contributed by atoms with Crippen molar-refractivity contribution in [2.45, 2.75) is 43.9 Å². The zero-order chi connectivity index (χ0) is 24.0. The largest absolute Gasteiger partial charge is 0.497 e. The number of benzene rings is 3. The number of ether oxygens (including phenoxy) is 1. The SMILES string of the molecule is COc1ccc(C(=O)O)c(Nc2ccc(Nc3ccc(C45CC6CC(CC(C6)C4)C5)cc3)cc2)c1. The van der Waals surface area contributed by atoms with Crippen LogP contribution < -0.4 is 15.4 Å². The lowest BCUT2D eigenvalue weighted by molar-refractivity contribution is -0.00518. The quantitative estimate of drug-likeness (QED) is 0.338. The number of rotatable bonds is 7. The summed E-state index contributed by atoms with van der Waals surface area (Å²) in [7, 11) is 1.57. The lowest BCUT2D eigenvalue weighted by atomic mass is 9.48. The summed E-state index contributed by atoms with van der Waals surface area (Å²) in [5, 5.41) is 16.2. The van der Waals surface area contributed by atoms with Crippen molar-refractivity contribution < 1.29 is 14.6 Å². The lowest BCUT2D eigenvalue weighted by Gasteiger charge is -2.57. The highest BCUT2D eigenvalue weighted by atomic mass is 16.5. The van der Waals surface area contributed by atoms with Gasteiger partial charge in [0, 0.05) is 23.1 Å². The van der Waals surface area contributed by atoms with Crippen LogP contribution in [-0.4, -0.2) is 18.2 Å². The highest BCUT2D eigenvalue weighted by Gasteiger charge is 2.51. The molecule has 0 radical (unpaired) electrons. The minimum atomic E-state index is -0.981. The van der Waals surface area contributed by atoms with E-state index >= 15 is 0 Å². The number of aromatic carboxylic acids is 1. The van der Waals surface area contributed by atoms with E-state index < -0.39 is 5.97 Å². The van der Waals surface area contributed by atoms with E-state index in [0.29, 0.717) is 16.9 Å². The van der Waals surface area contributed by atoms with E-state index in [4.69, 9.17) is 4.74 Å². The van der Waals surface area contributed by atoms with Gasteiger partial charge in [0.05, 0.1) is 18.4 Å². The maximum Gasteiger partial charge on any atom is 0.337 e. The number of carboxylic acid groups (broad SMARTS) is 1. The molecule has 4 bridgehead atoms. The molecule has 0 unspecified atom stereocenters. The van der Waals surface area contributed by atoms with Crippen LogP contribution in [0.4, 0.5) is 22.7 Å². The van der Waals surface area contributed by atoms with Gasteiger partial charge in [0.2, 0.25) is 0 Å². The highest BCUT2D eigenvalue weighted by molar-refractivity contribution is 5.95. The fourth-order valence-corrected chi connectivity index (χ4v) is 7.27. The van der Waals surface area contributed by atoms with Gasteiger partial charge < -0.3 is 20.5 Å². The minimum absolute atomic E-state index is 0.201. The number of nitrogens with one attached hydrogen (secondary N) is 2. The molecular weight excluding hydrogens is 436 g/mol. The predicted molar refractivity (Wildman–Crippen MR) is 139 cm³/mol. The van der Waals surface area contributed by atoms with Gasteiger partial charge in [0.25, 0.3) is 0 Å². The van der Waals surface area contributed by atoms with Crippen molar-refractivity contribution in [2.75, 3.05) is 17.7 Å². The predicted octanol–water partition coefficient (Wildman–Crippen LogP) is 7.35. The van der Waals surface area contributed by atoms with Crippen molar-refractivity contribution in [1.29, 1.82) is 0 Å². The highest BCUT2D eigenvalue weighted by Crippen LogP contribution is 2.60. The first-order valence-electron chi connectivity index (χ1n) is 12.7. The molecule has 0 aliphatic heterocycles. The third-order valence-corrected chi connectivity index (χ3v) is 8.45. The van der Waals surface area contributed by atoms with E-state index in [0.717, 1.165) is 34.8 Å². The second-order valence-electron chi connectivity index (χ2n) is 10.8. The van der Waals surface area contributed by atoms with Crippen molar-refractivity contribution in [2.24, 2.45) is 17.8 Å². The molecule has 180 valence electrons. The number of hydrogen-bond donors (Lipinski definition) is 3. The summed E-state index contributed by atoms with van der Waals surface area (Å²) < 4.78 is 5.25. The van der Waals surface area contributed by atoms with Gasteiger partial charge in [-0.15, -0.1) is 0 Å². The minimum Gasteiger partial charge on any atom is -0.497 e. The summed E-state index contributed by atoms with van der Waals surface area (Å²) >= 11 is 0. The molecule has 0 aromatic heterocycles. The average molecular weight is 469 g/mol. The fourth-order valence-electron chi connectivity index (χ4n) is 7.27. The van der Waals surface area contributed by atoms with Gasteiger partial charge in [-0.1, -0.05) is 12.1 Å². The molecule has 3 aromatic rings. The molecule has 4 aliphatic carbocycles. The maximum absolute atomic E-state index is 11.6. The molecule has 0 heterocycles. The van der Waals surface area contributed by atoms with Crippen LogP contribution in [0.15, 0.2) is 66.7 Å². The Labute approximate surface area is 206 Å². The Balaban J connectivity index is 1.14. The molecule has 0 saturated heterocycles. The molecule has 5 heteroatoms. The molecule has 7 rings (SSSR count). The Kier molecular flexibility index (Phi) is 5.43. The topological polar surface area (TPSA) is 70.6 Å². The molecule has 4 fully saturated rings. The summed E-state index contributed by atoms with van der Waals surface area (Å²) in [6, 6.07) is 21.9. The Morgan fingerprint density at radius 2 is 1.31 bits per heavy atom. The monoisotopic (exact) mass is 468 g/mol. The summed E-state index contributed by atoms with van der Waals surface area (Å²) in [4.78, 5) is 11.6. The lowest BCUT2D eigenvalue weighted by Crippen LogP contribution is -2.48. The van der Waals surface area contributed by atoms with E-state index in [-0.39, 0.29) is 5.56 Å². The molecule has 5 nitrogen and oxygen atoms in total. The Morgan fingerprint density at radius 1 is 0.800 bits per heavy atom. The van der Waals surface area contributed by atoms with Gasteiger partial charge in [-0.05, 0) is 116 Å². The zero-order valence-electron chi connectivity index (χ0n) is 20.1. The zero-order valence-corrected chi connectivity index (χ0v) is 20.1. The van der Waals surface area contributed by atoms with E-state index in [1.54, 1.807) is 25.3 Å². The summed E-state index contributed by atoms with van der Waals surface area (Å²) in [6.07, 6.45) is 8.57. The molecule has 3 N–H and O–H groups in total. The number of carbonyl (C=O) groups is 1. The van der Waals surface area contributed by atoms with Gasteiger partial charge >= 0.3 is 5.97 Å². The standard InChI is InChI=1S/C30H32N2O3/c1-35-26-10-11-27(29(33)34)28(15-26)32-25-8-6-24(7-9-25)31-23-4-2-22(3-5-23)30-16-19-12-20(17-30)14-21(13-19)18-30/h2-11,15,19-21,31-32H,12-14,16-18H2,1H3,(H,33,34). The van der Waals surface area contributed by atoms with Crippen LogP contribution in [0.2, 0.25) is 0 Å². The number of anilines is 4. The van der Waals surface area contributed by atoms with Crippen molar-refractivity contribution in [3.05, 3.63) is 77.9 Å². The first-order chi connectivity index (χ1) is 17.0. The van der Waals surface area contributed by atoms with Crippen molar-refractivity contribution in [3.63, 3.8) is 0 Å². The molecular formula is C30H32N2O3. The Bertz CT molecular complexity index is 1200. The van der Waals surface area contributed by atoms with Crippen molar-refractivity contribution >= 4 is 28.7 Å². The summed E-state index contributed by atoms with van der Waals surface area (Å²) in [6.45, 7) is 0. The molecule has 4 aliphatic rings. The number of methoxy groups -OCH3 is 1. The van der Waals surface area contributed by atoms with Crippen molar-refractivity contribution in [3.8, 4) is 5.75 Å². The fraction of sp³-hybridized carbons (Fsp3) is 0.367. The normalized spacial score (nSPS) is 26.4. The first-order valence-corrected chi connectivity index (χ1v) is 12.7. The van der Waals surface area contributed by atoms with Gasteiger partial charge in [0.15, 0.2) is 0 Å². The van der Waals surface area contributed by atoms with Crippen molar-refractivity contribution in [1.82, 2.24) is 0 Å². The van der Waals surface area contributed by atoms with Gasteiger partial charge in [-0.2, -0.15) is 0 Å². The van der Waals surface area contributed by atoms with Gasteiger partial charge in [-0.25, -0.2) is 4.79 Å². The van der Waals surface area contributed by atoms with E-state index in [2.05, 4.69) is 34.9 Å². The molecule has 0 atom stereocenters. The van der Waals surface area contributed by atoms with Crippen LogP contribution >= 0.6 is 0 Å². The molecule has 3 aromatic carbocycles. The smallest absolute Gasteiger partial charge is 0.337 e. The summed E-state index contributed by atoms with van der Waals surface area (Å²) in [5.74, 6) is 2.48. The maximum atomic E-state index is 11.6. The van der Waals surface area contributed by atoms with Crippen LogP contribution in [0, 0.1) is 17.8 Å². The van der Waals surface area contributed by atoms with Crippen LogP contribution in [-0.2, 0) is 5.41 Å². The van der Waals surface area contributed by atoms with Crippen LogP contribution in [0.3, 0.4) is 0 Å². The third kappa shape index (κ3) is 4.24. The van der Waals surface area contributed by atoms with E-state index in [1.807, 2.05) is 24.3 Å². The second-order valence-corrected chi connectivity index (χ2v) is 10.8. The summed E-state index contributed by atoms with van der Waals surface area (Å²) in [5.41, 5.74) is 5.54. The van der Waals surface area contributed by atoms with Crippen LogP contribution in [0.5, 0.6) is 5.75 Å². The first kappa shape index (κ1) is 22.0. The Morgan fingerprint density at radius 3 is 1.83 bits per heavy atom. The number of hydrogen-bond acceptors (Lipinski definition) is 4. The second kappa shape index (κ2) is 8.63. The van der Waals surface area contributed by atoms with E-state index in [1.165, 1.54) is 44.1 Å². The third-order valence-electron chi connectivity index (χ3n) is 8.45.